The zero-order valence-corrected chi connectivity index (χ0v) is 14.2. The molecule has 0 atom stereocenters. The van der Waals surface area contributed by atoms with E-state index in [9.17, 15) is 4.79 Å². The Morgan fingerprint density at radius 3 is 2.75 bits per heavy atom. The van der Waals surface area contributed by atoms with Gasteiger partial charge in [0.15, 0.2) is 0 Å². The zero-order chi connectivity index (χ0) is 16.9. The molecule has 0 N–H and O–H groups in total. The van der Waals surface area contributed by atoms with Gasteiger partial charge >= 0.3 is 5.97 Å². The summed E-state index contributed by atoms with van der Waals surface area (Å²) in [7, 11) is 0. The van der Waals surface area contributed by atoms with E-state index in [1.807, 2.05) is 49.5 Å². The third kappa shape index (κ3) is 3.35. The highest BCUT2D eigenvalue weighted by atomic mass is 16.5. The van der Waals surface area contributed by atoms with Gasteiger partial charge in [-0.25, -0.2) is 4.79 Å². The summed E-state index contributed by atoms with van der Waals surface area (Å²) in [5.41, 5.74) is 3.85. The molecule has 1 aliphatic heterocycles. The Morgan fingerprint density at radius 1 is 1.17 bits per heavy atom. The Morgan fingerprint density at radius 2 is 2.04 bits per heavy atom. The lowest BCUT2D eigenvalue weighted by atomic mass is 10.1. The maximum absolute atomic E-state index is 12.1. The highest BCUT2D eigenvalue weighted by molar-refractivity contribution is 5.93. The first kappa shape index (κ1) is 16.3. The van der Waals surface area contributed by atoms with Crippen LogP contribution in [0.5, 0.6) is 0 Å². The topological polar surface area (TPSA) is 45.7 Å². The third-order valence-corrected chi connectivity index (χ3v) is 4.08. The molecule has 0 unspecified atom stereocenters. The molecule has 0 saturated carbocycles. The fourth-order valence-corrected chi connectivity index (χ4v) is 3.03. The molecule has 0 fully saturated rings. The minimum Gasteiger partial charge on any atom is -0.462 e. The van der Waals surface area contributed by atoms with E-state index in [0.717, 1.165) is 37.6 Å². The van der Waals surface area contributed by atoms with Crippen molar-refractivity contribution in [2.45, 2.75) is 26.8 Å². The number of carbonyl (C=O) groups is 1. The number of rotatable bonds is 6. The van der Waals surface area contributed by atoms with Gasteiger partial charge in [0, 0.05) is 12.7 Å². The van der Waals surface area contributed by atoms with E-state index in [-0.39, 0.29) is 5.97 Å². The predicted molar refractivity (Wildman–Crippen MR) is 95.3 cm³/mol. The molecule has 1 aliphatic rings. The molecular formula is C19H23N3O2. The Labute approximate surface area is 142 Å². The van der Waals surface area contributed by atoms with Crippen LogP contribution in [0.4, 0.5) is 11.4 Å². The number of benzene rings is 1. The van der Waals surface area contributed by atoms with E-state index < -0.39 is 0 Å². The Balaban J connectivity index is 1.90. The second-order valence-electron chi connectivity index (χ2n) is 5.85. The van der Waals surface area contributed by atoms with E-state index in [0.29, 0.717) is 12.2 Å². The SMILES string of the molecule is CCCN1CN(Cc2ccccn2)c2cc(C(=O)OCC)ccc21. The second kappa shape index (κ2) is 7.34. The summed E-state index contributed by atoms with van der Waals surface area (Å²) in [4.78, 5) is 21.1. The summed E-state index contributed by atoms with van der Waals surface area (Å²) in [6.07, 6.45) is 2.89. The van der Waals surface area contributed by atoms with Crippen LogP contribution in [0.3, 0.4) is 0 Å². The molecule has 2 aromatic rings. The monoisotopic (exact) mass is 325 g/mol. The van der Waals surface area contributed by atoms with Crippen molar-refractivity contribution in [3.05, 3.63) is 53.9 Å². The van der Waals surface area contributed by atoms with Crippen LogP contribution < -0.4 is 9.80 Å². The van der Waals surface area contributed by atoms with Crippen molar-refractivity contribution in [2.75, 3.05) is 29.6 Å². The minimum absolute atomic E-state index is 0.271. The molecular weight excluding hydrogens is 302 g/mol. The van der Waals surface area contributed by atoms with E-state index in [1.165, 1.54) is 5.69 Å². The largest absolute Gasteiger partial charge is 0.462 e. The highest BCUT2D eigenvalue weighted by Gasteiger charge is 2.26. The summed E-state index contributed by atoms with van der Waals surface area (Å²) < 4.78 is 5.13. The molecule has 0 radical (unpaired) electrons. The van der Waals surface area contributed by atoms with Crippen molar-refractivity contribution in [1.29, 1.82) is 0 Å². The van der Waals surface area contributed by atoms with Crippen LogP contribution >= 0.6 is 0 Å². The van der Waals surface area contributed by atoms with E-state index in [4.69, 9.17) is 4.74 Å². The molecule has 24 heavy (non-hydrogen) atoms. The summed E-state index contributed by atoms with van der Waals surface area (Å²) in [6.45, 7) is 6.90. The number of ether oxygens (including phenoxy) is 1. The average Bonchev–Trinajstić information content (AvgIpc) is 2.93. The fourth-order valence-electron chi connectivity index (χ4n) is 3.03. The molecule has 0 amide bonds. The standard InChI is InChI=1S/C19H23N3O2/c1-3-11-21-14-22(13-16-7-5-6-10-20-16)18-12-15(8-9-17(18)21)19(23)24-4-2/h5-10,12H,3-4,11,13-14H2,1-2H3. The first-order valence-corrected chi connectivity index (χ1v) is 8.44. The number of hydrogen-bond acceptors (Lipinski definition) is 5. The summed E-state index contributed by atoms with van der Waals surface area (Å²) in [5, 5.41) is 0. The number of aromatic nitrogens is 1. The molecule has 0 bridgehead atoms. The van der Waals surface area contributed by atoms with Crippen molar-refractivity contribution in [3.8, 4) is 0 Å². The van der Waals surface area contributed by atoms with Crippen LogP contribution in [-0.2, 0) is 11.3 Å². The van der Waals surface area contributed by atoms with Crippen LogP contribution in [0.15, 0.2) is 42.6 Å². The van der Waals surface area contributed by atoms with Crippen molar-refractivity contribution in [1.82, 2.24) is 4.98 Å². The average molecular weight is 325 g/mol. The minimum atomic E-state index is -0.271. The second-order valence-corrected chi connectivity index (χ2v) is 5.85. The predicted octanol–water partition coefficient (Wildman–Crippen LogP) is 3.45. The number of anilines is 2. The maximum atomic E-state index is 12.1. The number of pyridine rings is 1. The molecule has 1 aromatic carbocycles. The van der Waals surface area contributed by atoms with Crippen LogP contribution in [0.25, 0.3) is 0 Å². The van der Waals surface area contributed by atoms with Gasteiger partial charge in [0.25, 0.3) is 0 Å². The fraction of sp³-hybridized carbons (Fsp3) is 0.368. The van der Waals surface area contributed by atoms with Gasteiger partial charge in [0.2, 0.25) is 0 Å². The third-order valence-electron chi connectivity index (χ3n) is 4.08. The van der Waals surface area contributed by atoms with Crippen LogP contribution in [0.1, 0.15) is 36.3 Å². The van der Waals surface area contributed by atoms with Crippen molar-refractivity contribution >= 4 is 17.3 Å². The summed E-state index contributed by atoms with van der Waals surface area (Å²) in [5.74, 6) is -0.271. The van der Waals surface area contributed by atoms with Crippen molar-refractivity contribution in [2.24, 2.45) is 0 Å². The molecule has 5 heteroatoms. The Hall–Kier alpha value is -2.56. The molecule has 126 valence electrons. The molecule has 0 saturated heterocycles. The van der Waals surface area contributed by atoms with Gasteiger partial charge in [-0.2, -0.15) is 0 Å². The quantitative estimate of drug-likeness (QED) is 0.761. The number of esters is 1. The first-order chi connectivity index (χ1) is 11.7. The number of nitrogens with zero attached hydrogens (tertiary/aromatic N) is 3. The lowest BCUT2D eigenvalue weighted by molar-refractivity contribution is 0.0526. The van der Waals surface area contributed by atoms with Gasteiger partial charge in [-0.15, -0.1) is 0 Å². The molecule has 1 aromatic heterocycles. The van der Waals surface area contributed by atoms with Gasteiger partial charge in [-0.1, -0.05) is 13.0 Å². The number of hydrogen-bond donors (Lipinski definition) is 0. The smallest absolute Gasteiger partial charge is 0.338 e. The summed E-state index contributed by atoms with van der Waals surface area (Å²) in [6, 6.07) is 11.8. The number of carbonyl (C=O) groups excluding carboxylic acids is 1. The van der Waals surface area contributed by atoms with Gasteiger partial charge in [-0.05, 0) is 43.7 Å². The zero-order valence-electron chi connectivity index (χ0n) is 14.2. The normalized spacial score (nSPS) is 13.1. The van der Waals surface area contributed by atoms with Gasteiger partial charge in [0.1, 0.15) is 0 Å². The van der Waals surface area contributed by atoms with Gasteiger partial charge < -0.3 is 14.5 Å². The van der Waals surface area contributed by atoms with Gasteiger partial charge in [0.05, 0.1) is 42.5 Å². The lowest BCUT2D eigenvalue weighted by Gasteiger charge is -2.21. The maximum Gasteiger partial charge on any atom is 0.338 e. The van der Waals surface area contributed by atoms with E-state index >= 15 is 0 Å². The summed E-state index contributed by atoms with van der Waals surface area (Å²) >= 11 is 0. The van der Waals surface area contributed by atoms with E-state index in [1.54, 1.807) is 0 Å². The Bertz CT molecular complexity index is 703. The van der Waals surface area contributed by atoms with Crippen LogP contribution in [-0.4, -0.2) is 30.8 Å². The van der Waals surface area contributed by atoms with Crippen molar-refractivity contribution in [3.63, 3.8) is 0 Å². The van der Waals surface area contributed by atoms with Crippen molar-refractivity contribution < 1.29 is 9.53 Å². The lowest BCUT2D eigenvalue weighted by Crippen LogP contribution is -2.31. The molecule has 2 heterocycles. The molecule has 0 spiro atoms. The molecule has 5 nitrogen and oxygen atoms in total. The van der Waals surface area contributed by atoms with Crippen LogP contribution in [0.2, 0.25) is 0 Å². The van der Waals surface area contributed by atoms with E-state index in [2.05, 4.69) is 21.7 Å². The number of fused-ring (bicyclic) bond motifs is 1. The Kier molecular flexibility index (Phi) is 4.99. The molecule has 3 rings (SSSR count). The van der Waals surface area contributed by atoms with Crippen LogP contribution in [0, 0.1) is 0 Å². The van der Waals surface area contributed by atoms with Gasteiger partial charge in [-0.3, -0.25) is 4.98 Å². The first-order valence-electron chi connectivity index (χ1n) is 8.44. The molecule has 0 aliphatic carbocycles. The highest BCUT2D eigenvalue weighted by Crippen LogP contribution is 2.37.